The summed E-state index contributed by atoms with van der Waals surface area (Å²) in [6.07, 6.45) is 5.30. The number of nitrogens with zero attached hydrogens (tertiary/aromatic N) is 1. The summed E-state index contributed by atoms with van der Waals surface area (Å²) >= 11 is 0. The number of hydrogen-bond acceptors (Lipinski definition) is 3. The number of hydrogen-bond donors (Lipinski definition) is 1. The van der Waals surface area contributed by atoms with Crippen LogP contribution in [0.3, 0.4) is 0 Å². The quantitative estimate of drug-likeness (QED) is 0.604. The van der Waals surface area contributed by atoms with Gasteiger partial charge in [0.15, 0.2) is 0 Å². The lowest BCUT2D eigenvalue weighted by Gasteiger charge is -2.18. The number of nitrogens with two attached hydrogens (primary N) is 1. The van der Waals surface area contributed by atoms with E-state index < -0.39 is 0 Å². The Morgan fingerprint density at radius 2 is 2.25 bits per heavy atom. The van der Waals surface area contributed by atoms with Crippen molar-refractivity contribution in [3.8, 4) is 18.1 Å². The fourth-order valence-electron chi connectivity index (χ4n) is 1.49. The van der Waals surface area contributed by atoms with Crippen LogP contribution in [-0.4, -0.2) is 25.1 Å². The van der Waals surface area contributed by atoms with Crippen LogP contribution in [0.15, 0.2) is 18.2 Å². The first-order valence-corrected chi connectivity index (χ1v) is 5.29. The molecule has 2 N–H and O–H groups in total. The van der Waals surface area contributed by atoms with E-state index in [2.05, 4.69) is 17.7 Å². The molecule has 16 heavy (non-hydrogen) atoms. The first-order valence-electron chi connectivity index (χ1n) is 5.29. The summed E-state index contributed by atoms with van der Waals surface area (Å²) in [5, 5.41) is 0. The van der Waals surface area contributed by atoms with Crippen molar-refractivity contribution in [2.45, 2.75) is 13.5 Å². The number of nitrogen functional groups attached to an aromatic ring is 1. The molecule has 0 saturated heterocycles. The predicted molar refractivity (Wildman–Crippen MR) is 67.2 cm³/mol. The molecule has 0 saturated carbocycles. The zero-order valence-corrected chi connectivity index (χ0v) is 9.86. The molecule has 0 heterocycles. The van der Waals surface area contributed by atoms with Gasteiger partial charge < -0.3 is 10.5 Å². The van der Waals surface area contributed by atoms with Crippen LogP contribution < -0.4 is 10.5 Å². The highest BCUT2D eigenvalue weighted by atomic mass is 16.5. The lowest BCUT2D eigenvalue weighted by atomic mass is 10.1. The van der Waals surface area contributed by atoms with Gasteiger partial charge in [-0.1, -0.05) is 18.9 Å². The summed E-state index contributed by atoms with van der Waals surface area (Å²) in [6, 6.07) is 5.72. The van der Waals surface area contributed by atoms with Crippen LogP contribution in [0.2, 0.25) is 0 Å². The van der Waals surface area contributed by atoms with E-state index in [1.165, 1.54) is 0 Å². The number of methoxy groups -OCH3 is 1. The molecule has 1 rings (SSSR count). The third-order valence-electron chi connectivity index (χ3n) is 2.51. The van der Waals surface area contributed by atoms with Crippen LogP contribution in [0.5, 0.6) is 5.75 Å². The second-order valence-electron chi connectivity index (χ2n) is 3.57. The summed E-state index contributed by atoms with van der Waals surface area (Å²) < 4.78 is 5.10. The van der Waals surface area contributed by atoms with Crippen molar-refractivity contribution in [1.82, 2.24) is 4.90 Å². The molecule has 0 fully saturated rings. The van der Waals surface area contributed by atoms with E-state index in [-0.39, 0.29) is 0 Å². The number of ether oxygens (including phenoxy) is 1. The van der Waals surface area contributed by atoms with Crippen LogP contribution >= 0.6 is 0 Å². The summed E-state index contributed by atoms with van der Waals surface area (Å²) in [4.78, 5) is 2.15. The molecule has 0 atom stereocenters. The van der Waals surface area contributed by atoms with E-state index in [4.69, 9.17) is 16.9 Å². The normalized spacial score (nSPS) is 10.1. The van der Waals surface area contributed by atoms with E-state index in [9.17, 15) is 0 Å². The van der Waals surface area contributed by atoms with Crippen molar-refractivity contribution in [3.63, 3.8) is 0 Å². The Hall–Kier alpha value is -1.66. The van der Waals surface area contributed by atoms with E-state index in [0.29, 0.717) is 6.54 Å². The van der Waals surface area contributed by atoms with Crippen molar-refractivity contribution < 1.29 is 4.74 Å². The van der Waals surface area contributed by atoms with E-state index in [1.807, 2.05) is 18.2 Å². The third kappa shape index (κ3) is 3.18. The molecular weight excluding hydrogens is 200 g/mol. The minimum Gasteiger partial charge on any atom is -0.497 e. The average molecular weight is 218 g/mol. The van der Waals surface area contributed by atoms with Gasteiger partial charge in [-0.2, -0.15) is 0 Å². The van der Waals surface area contributed by atoms with Gasteiger partial charge in [-0.3, -0.25) is 4.90 Å². The second kappa shape index (κ2) is 6.04. The molecular formula is C13H18N2O. The van der Waals surface area contributed by atoms with Crippen LogP contribution in [0.1, 0.15) is 12.5 Å². The molecule has 1 aromatic rings. The van der Waals surface area contributed by atoms with Gasteiger partial charge in [-0.15, -0.1) is 6.42 Å². The number of benzene rings is 1. The first kappa shape index (κ1) is 12.4. The molecule has 0 amide bonds. The number of rotatable bonds is 5. The Kier molecular flexibility index (Phi) is 4.68. The van der Waals surface area contributed by atoms with Crippen molar-refractivity contribution in [2.75, 3.05) is 25.9 Å². The summed E-state index contributed by atoms with van der Waals surface area (Å²) in [5.41, 5.74) is 7.76. The first-order chi connectivity index (χ1) is 7.71. The van der Waals surface area contributed by atoms with Gasteiger partial charge in [-0.05, 0) is 18.2 Å². The summed E-state index contributed by atoms with van der Waals surface area (Å²) in [5.74, 6) is 3.42. The highest BCUT2D eigenvalue weighted by Gasteiger charge is 2.06. The molecule has 1 aromatic carbocycles. The van der Waals surface area contributed by atoms with Gasteiger partial charge in [-0.25, -0.2) is 0 Å². The predicted octanol–water partition coefficient (Wildman–Crippen LogP) is 1.73. The summed E-state index contributed by atoms with van der Waals surface area (Å²) in [7, 11) is 1.63. The average Bonchev–Trinajstić information content (AvgIpc) is 2.30. The number of anilines is 1. The molecule has 0 spiro atoms. The van der Waals surface area contributed by atoms with Crippen LogP contribution in [-0.2, 0) is 6.54 Å². The van der Waals surface area contributed by atoms with Gasteiger partial charge in [0.2, 0.25) is 0 Å². The standard InChI is InChI=1S/C13H18N2O/c1-4-8-15(5-2)10-11-6-7-12(16-3)9-13(11)14/h1,6-7,9H,5,8,10,14H2,2-3H3. The SMILES string of the molecule is C#CCN(CC)Cc1ccc(OC)cc1N. The van der Waals surface area contributed by atoms with Crippen molar-refractivity contribution in [2.24, 2.45) is 0 Å². The minimum absolute atomic E-state index is 0.641. The van der Waals surface area contributed by atoms with Crippen LogP contribution in [0.25, 0.3) is 0 Å². The summed E-state index contributed by atoms with van der Waals surface area (Å²) in [6.45, 7) is 4.41. The van der Waals surface area contributed by atoms with Crippen molar-refractivity contribution in [3.05, 3.63) is 23.8 Å². The zero-order chi connectivity index (χ0) is 12.0. The van der Waals surface area contributed by atoms with Crippen LogP contribution in [0, 0.1) is 12.3 Å². The molecule has 0 aromatic heterocycles. The van der Waals surface area contributed by atoms with Crippen LogP contribution in [0.4, 0.5) is 5.69 Å². The van der Waals surface area contributed by atoms with Gasteiger partial charge >= 0.3 is 0 Å². The molecule has 0 aliphatic carbocycles. The Labute approximate surface area is 97.2 Å². The monoisotopic (exact) mass is 218 g/mol. The van der Waals surface area contributed by atoms with Gasteiger partial charge in [0.05, 0.1) is 13.7 Å². The van der Waals surface area contributed by atoms with Gasteiger partial charge in [0.1, 0.15) is 5.75 Å². The third-order valence-corrected chi connectivity index (χ3v) is 2.51. The molecule has 3 heteroatoms. The Morgan fingerprint density at radius 1 is 1.50 bits per heavy atom. The molecule has 0 bridgehead atoms. The van der Waals surface area contributed by atoms with Gasteiger partial charge in [0, 0.05) is 18.3 Å². The maximum atomic E-state index is 5.94. The fraction of sp³-hybridized carbons (Fsp3) is 0.385. The van der Waals surface area contributed by atoms with Gasteiger partial charge in [0.25, 0.3) is 0 Å². The minimum atomic E-state index is 0.641. The Balaban J connectivity index is 2.77. The Morgan fingerprint density at radius 3 is 2.75 bits per heavy atom. The maximum absolute atomic E-state index is 5.94. The zero-order valence-electron chi connectivity index (χ0n) is 9.86. The fourth-order valence-corrected chi connectivity index (χ4v) is 1.49. The topological polar surface area (TPSA) is 38.5 Å². The molecule has 0 aliphatic rings. The Bertz CT molecular complexity index is 382. The smallest absolute Gasteiger partial charge is 0.120 e. The molecule has 3 nitrogen and oxygen atoms in total. The lowest BCUT2D eigenvalue weighted by Crippen LogP contribution is -2.23. The molecule has 86 valence electrons. The van der Waals surface area contributed by atoms with E-state index >= 15 is 0 Å². The largest absolute Gasteiger partial charge is 0.497 e. The highest BCUT2D eigenvalue weighted by Crippen LogP contribution is 2.20. The number of terminal acetylenes is 1. The van der Waals surface area contributed by atoms with E-state index in [0.717, 1.165) is 30.1 Å². The lowest BCUT2D eigenvalue weighted by molar-refractivity contribution is 0.316. The maximum Gasteiger partial charge on any atom is 0.120 e. The van der Waals surface area contributed by atoms with Crippen molar-refractivity contribution >= 4 is 5.69 Å². The molecule has 0 aliphatic heterocycles. The molecule has 0 radical (unpaired) electrons. The van der Waals surface area contributed by atoms with Crippen molar-refractivity contribution in [1.29, 1.82) is 0 Å². The molecule has 0 unspecified atom stereocenters. The highest BCUT2D eigenvalue weighted by molar-refractivity contribution is 5.51. The second-order valence-corrected chi connectivity index (χ2v) is 3.57. The van der Waals surface area contributed by atoms with E-state index in [1.54, 1.807) is 7.11 Å².